The predicted molar refractivity (Wildman–Crippen MR) is 109 cm³/mol. The van der Waals surface area contributed by atoms with E-state index in [-0.39, 0.29) is 23.6 Å². The number of carbonyl (C=O) groups is 1. The molecule has 1 unspecified atom stereocenters. The minimum absolute atomic E-state index is 0.145. The summed E-state index contributed by atoms with van der Waals surface area (Å²) >= 11 is 0. The molecule has 3 aromatic rings. The third-order valence-electron chi connectivity index (χ3n) is 5.42. The molecule has 0 aliphatic carbocycles. The normalized spacial score (nSPS) is 14.2. The first-order valence-corrected chi connectivity index (χ1v) is 9.53. The number of imidazole rings is 1. The SMILES string of the molecule is Cc1[nH]c(-c2ccc(-c3ccc(O)cc3F)c3c2C(=O)NC3)nc1C(N)C(C)C. The zero-order valence-electron chi connectivity index (χ0n) is 16.5. The number of aromatic nitrogens is 2. The van der Waals surface area contributed by atoms with Crippen LogP contribution in [0.4, 0.5) is 4.39 Å². The second-order valence-corrected chi connectivity index (χ2v) is 7.73. The number of nitrogens with one attached hydrogen (secondary N) is 2. The summed E-state index contributed by atoms with van der Waals surface area (Å²) in [7, 11) is 0. The number of aromatic amines is 1. The van der Waals surface area contributed by atoms with Crippen LogP contribution in [-0.2, 0) is 6.54 Å². The van der Waals surface area contributed by atoms with E-state index in [2.05, 4.69) is 15.3 Å². The van der Waals surface area contributed by atoms with Crippen molar-refractivity contribution in [1.82, 2.24) is 15.3 Å². The van der Waals surface area contributed by atoms with Gasteiger partial charge in [0.25, 0.3) is 5.91 Å². The maximum Gasteiger partial charge on any atom is 0.252 e. The third-order valence-corrected chi connectivity index (χ3v) is 5.42. The summed E-state index contributed by atoms with van der Waals surface area (Å²) < 4.78 is 14.4. The predicted octanol–water partition coefficient (Wildman–Crippen LogP) is 3.80. The summed E-state index contributed by atoms with van der Waals surface area (Å²) in [6.07, 6.45) is 0. The number of aryl methyl sites for hydroxylation is 1. The van der Waals surface area contributed by atoms with Crippen molar-refractivity contribution in [1.29, 1.82) is 0 Å². The van der Waals surface area contributed by atoms with Crippen molar-refractivity contribution < 1.29 is 14.3 Å². The Morgan fingerprint density at radius 2 is 1.86 bits per heavy atom. The first-order valence-electron chi connectivity index (χ1n) is 9.53. The van der Waals surface area contributed by atoms with Crippen molar-refractivity contribution in [2.45, 2.75) is 33.4 Å². The monoisotopic (exact) mass is 394 g/mol. The molecule has 5 N–H and O–H groups in total. The Morgan fingerprint density at radius 1 is 1.17 bits per heavy atom. The second kappa shape index (κ2) is 7.00. The van der Waals surface area contributed by atoms with Crippen molar-refractivity contribution >= 4 is 5.91 Å². The lowest BCUT2D eigenvalue weighted by atomic mass is 9.92. The first-order chi connectivity index (χ1) is 13.8. The fourth-order valence-corrected chi connectivity index (χ4v) is 3.76. The molecule has 0 saturated heterocycles. The maximum absolute atomic E-state index is 14.4. The van der Waals surface area contributed by atoms with E-state index in [1.165, 1.54) is 12.1 Å². The van der Waals surface area contributed by atoms with Gasteiger partial charge in [-0.3, -0.25) is 4.79 Å². The van der Waals surface area contributed by atoms with Gasteiger partial charge in [0.05, 0.1) is 17.3 Å². The van der Waals surface area contributed by atoms with Gasteiger partial charge in [-0.1, -0.05) is 19.9 Å². The zero-order chi connectivity index (χ0) is 20.9. The van der Waals surface area contributed by atoms with Gasteiger partial charge in [0.1, 0.15) is 17.4 Å². The highest BCUT2D eigenvalue weighted by atomic mass is 19.1. The van der Waals surface area contributed by atoms with Crippen LogP contribution in [0.15, 0.2) is 30.3 Å². The van der Waals surface area contributed by atoms with Gasteiger partial charge in [0, 0.05) is 29.4 Å². The number of hydrogen-bond acceptors (Lipinski definition) is 4. The van der Waals surface area contributed by atoms with E-state index in [0.717, 1.165) is 17.5 Å². The van der Waals surface area contributed by atoms with Crippen molar-refractivity contribution in [2.24, 2.45) is 11.7 Å². The van der Waals surface area contributed by atoms with E-state index in [4.69, 9.17) is 5.73 Å². The highest BCUT2D eigenvalue weighted by Gasteiger charge is 2.29. The number of phenolic OH excluding ortho intramolecular Hbond substituents is 1. The number of H-pyrrole nitrogens is 1. The average Bonchev–Trinajstić information content (AvgIpc) is 3.24. The molecule has 4 rings (SSSR count). The van der Waals surface area contributed by atoms with Crippen LogP contribution in [-0.4, -0.2) is 21.0 Å². The lowest BCUT2D eigenvalue weighted by Gasteiger charge is -2.13. The number of nitrogens with two attached hydrogens (primary N) is 1. The van der Waals surface area contributed by atoms with Crippen LogP contribution in [0.3, 0.4) is 0 Å². The number of carbonyl (C=O) groups excluding carboxylic acids is 1. The van der Waals surface area contributed by atoms with Crippen molar-refractivity contribution in [2.75, 3.05) is 0 Å². The molecular weight excluding hydrogens is 371 g/mol. The largest absolute Gasteiger partial charge is 0.508 e. The minimum Gasteiger partial charge on any atom is -0.508 e. The van der Waals surface area contributed by atoms with Crippen molar-refractivity contribution in [3.05, 3.63) is 58.7 Å². The van der Waals surface area contributed by atoms with Crippen molar-refractivity contribution in [3.63, 3.8) is 0 Å². The van der Waals surface area contributed by atoms with Gasteiger partial charge < -0.3 is 21.1 Å². The number of phenols is 1. The van der Waals surface area contributed by atoms with Crippen LogP contribution in [0.1, 0.15) is 47.2 Å². The third kappa shape index (κ3) is 3.17. The summed E-state index contributed by atoms with van der Waals surface area (Å²) in [5.74, 6) is -0.120. The molecule has 2 heterocycles. The Bertz CT molecular complexity index is 1120. The van der Waals surface area contributed by atoms with E-state index in [1.54, 1.807) is 12.1 Å². The van der Waals surface area contributed by atoms with Crippen LogP contribution < -0.4 is 11.1 Å². The smallest absolute Gasteiger partial charge is 0.252 e. The number of fused-ring (bicyclic) bond motifs is 1. The minimum atomic E-state index is -0.543. The van der Waals surface area contributed by atoms with Crippen LogP contribution in [0.5, 0.6) is 5.75 Å². The Morgan fingerprint density at radius 3 is 2.55 bits per heavy atom. The van der Waals surface area contributed by atoms with E-state index in [1.807, 2.05) is 20.8 Å². The molecule has 1 aliphatic rings. The van der Waals surface area contributed by atoms with Gasteiger partial charge in [-0.25, -0.2) is 9.37 Å². The van der Waals surface area contributed by atoms with Gasteiger partial charge in [0.2, 0.25) is 0 Å². The fourth-order valence-electron chi connectivity index (χ4n) is 3.76. The van der Waals surface area contributed by atoms with Crippen molar-refractivity contribution in [3.8, 4) is 28.3 Å². The molecule has 0 bridgehead atoms. The van der Waals surface area contributed by atoms with Gasteiger partial charge in [-0.15, -0.1) is 0 Å². The first kappa shape index (κ1) is 19.1. The highest BCUT2D eigenvalue weighted by Crippen LogP contribution is 2.37. The number of amides is 1. The van der Waals surface area contributed by atoms with Crippen LogP contribution in [0.25, 0.3) is 22.5 Å². The molecule has 1 amide bonds. The molecule has 1 atom stereocenters. The van der Waals surface area contributed by atoms with E-state index in [0.29, 0.717) is 40.2 Å². The standard InChI is InChI=1S/C22H23FN4O2/c1-10(2)19(24)20-11(3)26-21(27-20)15-7-6-13(16-9-25-22(29)18(15)16)14-5-4-12(28)8-17(14)23/h4-8,10,19,28H,9,24H2,1-3H3,(H,25,29)(H,26,27). The maximum atomic E-state index is 14.4. The molecule has 0 spiro atoms. The Kier molecular flexibility index (Phi) is 4.62. The summed E-state index contributed by atoms with van der Waals surface area (Å²) in [5.41, 5.74) is 10.7. The molecule has 150 valence electrons. The van der Waals surface area contributed by atoms with Gasteiger partial charge in [-0.2, -0.15) is 0 Å². The van der Waals surface area contributed by atoms with Crippen LogP contribution in [0.2, 0.25) is 0 Å². The van der Waals surface area contributed by atoms with Gasteiger partial charge >= 0.3 is 0 Å². The van der Waals surface area contributed by atoms with E-state index in [9.17, 15) is 14.3 Å². The van der Waals surface area contributed by atoms with Gasteiger partial charge in [-0.05, 0) is 42.2 Å². The number of benzene rings is 2. The van der Waals surface area contributed by atoms with Gasteiger partial charge in [0.15, 0.2) is 0 Å². The molecule has 0 saturated carbocycles. The number of halogens is 1. The lowest BCUT2D eigenvalue weighted by Crippen LogP contribution is -2.18. The number of hydrogen-bond donors (Lipinski definition) is 4. The topological polar surface area (TPSA) is 104 Å². The zero-order valence-corrected chi connectivity index (χ0v) is 16.5. The molecule has 7 heteroatoms. The number of aromatic hydroxyl groups is 1. The van der Waals surface area contributed by atoms with Crippen LogP contribution >= 0.6 is 0 Å². The average molecular weight is 394 g/mol. The molecule has 6 nitrogen and oxygen atoms in total. The fraction of sp³-hybridized carbons (Fsp3) is 0.273. The molecule has 1 aliphatic heterocycles. The number of rotatable bonds is 4. The Balaban J connectivity index is 1.87. The van der Waals surface area contributed by atoms with E-state index >= 15 is 0 Å². The number of nitrogens with zero attached hydrogens (tertiary/aromatic N) is 1. The van der Waals surface area contributed by atoms with Crippen LogP contribution in [0, 0.1) is 18.7 Å². The molecular formula is C22H23FN4O2. The molecule has 1 aromatic heterocycles. The molecule has 29 heavy (non-hydrogen) atoms. The summed E-state index contributed by atoms with van der Waals surface area (Å²) in [6, 6.07) is 7.35. The Hall–Kier alpha value is -3.19. The summed E-state index contributed by atoms with van der Waals surface area (Å²) in [5, 5.41) is 12.3. The quantitative estimate of drug-likeness (QED) is 0.540. The summed E-state index contributed by atoms with van der Waals surface area (Å²) in [4.78, 5) is 20.5. The van der Waals surface area contributed by atoms with E-state index < -0.39 is 5.82 Å². The highest BCUT2D eigenvalue weighted by molar-refractivity contribution is 6.06. The molecule has 0 radical (unpaired) electrons. The molecule has 0 fully saturated rings. The molecule has 2 aromatic carbocycles. The lowest BCUT2D eigenvalue weighted by molar-refractivity contribution is 0.0966. The second-order valence-electron chi connectivity index (χ2n) is 7.73. The Labute approximate surface area is 168 Å². The summed E-state index contributed by atoms with van der Waals surface area (Å²) in [6.45, 7) is 6.28.